The Labute approximate surface area is 205 Å². The Morgan fingerprint density at radius 1 is 1.03 bits per heavy atom. The quantitative estimate of drug-likeness (QED) is 0.405. The second kappa shape index (κ2) is 9.47. The minimum atomic E-state index is -0.237. The lowest BCUT2D eigenvalue weighted by Crippen LogP contribution is -2.26. The molecule has 2 aromatic rings. The molecule has 0 heteroatoms. The molecule has 2 aromatic carbocycles. The van der Waals surface area contributed by atoms with Crippen molar-refractivity contribution in [2.45, 2.75) is 51.4 Å². The van der Waals surface area contributed by atoms with E-state index in [1.54, 1.807) is 0 Å². The predicted molar refractivity (Wildman–Crippen MR) is 148 cm³/mol. The number of hydrogen-bond acceptors (Lipinski definition) is 0. The molecule has 3 aliphatic rings. The van der Waals surface area contributed by atoms with E-state index in [9.17, 15) is 0 Å². The van der Waals surface area contributed by atoms with E-state index >= 15 is 0 Å². The molecule has 0 fully saturated rings. The highest BCUT2D eigenvalue weighted by Gasteiger charge is 2.45. The van der Waals surface area contributed by atoms with Gasteiger partial charge in [0, 0.05) is 0 Å². The van der Waals surface area contributed by atoms with Crippen molar-refractivity contribution in [2.24, 2.45) is 0 Å². The van der Waals surface area contributed by atoms with E-state index in [1.807, 2.05) is 0 Å². The van der Waals surface area contributed by atoms with Crippen LogP contribution in [0.5, 0.6) is 0 Å². The lowest BCUT2D eigenvalue weighted by molar-refractivity contribution is 0.721. The molecule has 34 heavy (non-hydrogen) atoms. The minimum Gasteiger partial charge on any atom is -0.0911 e. The van der Waals surface area contributed by atoms with Gasteiger partial charge in [0.25, 0.3) is 0 Å². The van der Waals surface area contributed by atoms with E-state index in [0.717, 1.165) is 31.3 Å². The summed E-state index contributed by atoms with van der Waals surface area (Å²) in [6.07, 6.45) is 25.8. The Morgan fingerprint density at radius 3 is 2.68 bits per heavy atom. The number of fused-ring (bicyclic) bond motifs is 4. The number of benzene rings is 2. The summed E-state index contributed by atoms with van der Waals surface area (Å²) in [5, 5.41) is 0. The first-order valence-electron chi connectivity index (χ1n) is 12.7. The third-order valence-corrected chi connectivity index (χ3v) is 7.48. The topological polar surface area (TPSA) is 0 Å². The normalized spacial score (nSPS) is 23.9. The van der Waals surface area contributed by atoms with E-state index in [4.69, 9.17) is 0 Å². The van der Waals surface area contributed by atoms with Gasteiger partial charge in [-0.3, -0.25) is 0 Å². The average Bonchev–Trinajstić information content (AvgIpc) is 3.15. The van der Waals surface area contributed by atoms with Gasteiger partial charge in [0.2, 0.25) is 0 Å². The van der Waals surface area contributed by atoms with E-state index in [1.165, 1.54) is 51.0 Å². The molecule has 0 saturated heterocycles. The molecule has 0 nitrogen and oxygen atoms in total. The van der Waals surface area contributed by atoms with Crippen LogP contribution in [0, 0.1) is 0 Å². The summed E-state index contributed by atoms with van der Waals surface area (Å²) >= 11 is 0. The van der Waals surface area contributed by atoms with Gasteiger partial charge in [0.05, 0.1) is 5.41 Å². The van der Waals surface area contributed by atoms with Gasteiger partial charge in [-0.2, -0.15) is 0 Å². The van der Waals surface area contributed by atoms with Crippen LogP contribution in [0.1, 0.15) is 67.3 Å². The van der Waals surface area contributed by atoms with Gasteiger partial charge in [0.1, 0.15) is 0 Å². The van der Waals surface area contributed by atoms with E-state index in [0.29, 0.717) is 0 Å². The zero-order valence-electron chi connectivity index (χ0n) is 20.5. The van der Waals surface area contributed by atoms with Gasteiger partial charge in [0.15, 0.2) is 0 Å². The Balaban J connectivity index is 1.84. The van der Waals surface area contributed by atoms with Crippen LogP contribution >= 0.6 is 0 Å². The third-order valence-electron chi connectivity index (χ3n) is 7.48. The number of hydrogen-bond donors (Lipinski definition) is 0. The number of allylic oxidation sites excluding steroid dienone is 13. The second-order valence-electron chi connectivity index (χ2n) is 9.54. The van der Waals surface area contributed by atoms with Crippen molar-refractivity contribution in [1.82, 2.24) is 0 Å². The predicted octanol–water partition coefficient (Wildman–Crippen LogP) is 9.07. The molecule has 0 N–H and O–H groups in total. The van der Waals surface area contributed by atoms with Crippen molar-refractivity contribution in [1.29, 1.82) is 0 Å². The molecule has 0 spiro atoms. The van der Waals surface area contributed by atoms with Crippen LogP contribution in [0.25, 0.3) is 11.1 Å². The molecule has 0 heterocycles. The Morgan fingerprint density at radius 2 is 1.88 bits per heavy atom. The Bertz CT molecular complexity index is 1290. The highest BCUT2D eigenvalue weighted by molar-refractivity contribution is 5.94. The highest BCUT2D eigenvalue weighted by atomic mass is 14.5. The maximum absolute atomic E-state index is 4.44. The standard InChI is InChI=1S/C34H34/c1-4-6-12-23-34(27-17-8-7-9-18-27)31-20-11-10-19-29(31)33-30-24-26(14-5-2)16-13-15-25(3)28(30)21-22-32(33)34/h4,6-10,12-13,15-19,21-23H,3,5,11,14,20,24H2,1-2H3/b6-4-,15-13-,23-12-,26-16-. The van der Waals surface area contributed by atoms with Crippen LogP contribution in [0.15, 0.2) is 115 Å². The van der Waals surface area contributed by atoms with Crippen molar-refractivity contribution < 1.29 is 0 Å². The summed E-state index contributed by atoms with van der Waals surface area (Å²) in [5.74, 6) is 0. The lowest BCUT2D eigenvalue weighted by atomic mass is 9.69. The maximum atomic E-state index is 4.44. The first-order valence-corrected chi connectivity index (χ1v) is 12.7. The van der Waals surface area contributed by atoms with Crippen molar-refractivity contribution in [3.8, 4) is 0 Å². The molecule has 0 bridgehead atoms. The van der Waals surface area contributed by atoms with Crippen LogP contribution in [-0.4, -0.2) is 0 Å². The molecule has 0 aliphatic heterocycles. The van der Waals surface area contributed by atoms with Crippen LogP contribution in [0.2, 0.25) is 0 Å². The van der Waals surface area contributed by atoms with Crippen LogP contribution in [0.3, 0.4) is 0 Å². The molecule has 170 valence electrons. The summed E-state index contributed by atoms with van der Waals surface area (Å²) in [7, 11) is 0. The first-order chi connectivity index (χ1) is 16.7. The van der Waals surface area contributed by atoms with Crippen LogP contribution in [0.4, 0.5) is 0 Å². The second-order valence-corrected chi connectivity index (χ2v) is 9.54. The zero-order chi connectivity index (χ0) is 23.5. The van der Waals surface area contributed by atoms with Crippen molar-refractivity contribution >= 4 is 11.1 Å². The minimum absolute atomic E-state index is 0.237. The van der Waals surface area contributed by atoms with Crippen molar-refractivity contribution in [3.63, 3.8) is 0 Å². The molecule has 0 aromatic heterocycles. The molecular formula is C34H34. The van der Waals surface area contributed by atoms with Gasteiger partial charge >= 0.3 is 0 Å². The monoisotopic (exact) mass is 442 g/mol. The summed E-state index contributed by atoms with van der Waals surface area (Å²) in [5.41, 5.74) is 12.3. The van der Waals surface area contributed by atoms with Crippen LogP contribution < -0.4 is 0 Å². The van der Waals surface area contributed by atoms with Crippen molar-refractivity contribution in [3.05, 3.63) is 143 Å². The molecule has 0 radical (unpaired) electrons. The smallest absolute Gasteiger partial charge is 0.0610 e. The SMILES string of the molecule is C=C1/C=C\C=C(\CCC)Cc2c1ccc1c2C2=C(CCC=C2)C1(/C=C\C=C/C)c1ccccc1. The largest absolute Gasteiger partial charge is 0.0911 e. The van der Waals surface area contributed by atoms with Gasteiger partial charge in [-0.1, -0.05) is 123 Å². The average molecular weight is 443 g/mol. The fraction of sp³-hybridized carbons (Fsp3) is 0.235. The first kappa shape index (κ1) is 22.4. The molecular weight excluding hydrogens is 408 g/mol. The van der Waals surface area contributed by atoms with Gasteiger partial charge < -0.3 is 0 Å². The molecule has 0 amide bonds. The van der Waals surface area contributed by atoms with E-state index in [-0.39, 0.29) is 5.41 Å². The zero-order valence-corrected chi connectivity index (χ0v) is 20.5. The fourth-order valence-corrected chi connectivity index (χ4v) is 6.04. The van der Waals surface area contributed by atoms with Gasteiger partial charge in [-0.05, 0) is 77.1 Å². The molecule has 1 unspecified atom stereocenters. The fourth-order valence-electron chi connectivity index (χ4n) is 6.04. The Hall–Kier alpha value is -3.38. The summed E-state index contributed by atoms with van der Waals surface area (Å²) in [4.78, 5) is 0. The molecule has 1 atom stereocenters. The molecule has 0 saturated carbocycles. The van der Waals surface area contributed by atoms with E-state index < -0.39 is 0 Å². The third kappa shape index (κ3) is 3.62. The molecule has 3 aliphatic carbocycles. The van der Waals surface area contributed by atoms with E-state index in [2.05, 4.69) is 118 Å². The molecule has 5 rings (SSSR count). The highest BCUT2D eigenvalue weighted by Crippen LogP contribution is 2.56. The lowest BCUT2D eigenvalue weighted by Gasteiger charge is -2.33. The Kier molecular flexibility index (Phi) is 6.24. The summed E-state index contributed by atoms with van der Waals surface area (Å²) in [6.45, 7) is 8.80. The number of rotatable bonds is 5. The van der Waals surface area contributed by atoms with Gasteiger partial charge in [-0.25, -0.2) is 0 Å². The maximum Gasteiger partial charge on any atom is 0.0610 e. The van der Waals surface area contributed by atoms with Crippen molar-refractivity contribution in [2.75, 3.05) is 0 Å². The summed E-state index contributed by atoms with van der Waals surface area (Å²) in [6, 6.07) is 15.8. The van der Waals surface area contributed by atoms with Crippen LogP contribution in [-0.2, 0) is 11.8 Å². The summed E-state index contributed by atoms with van der Waals surface area (Å²) < 4.78 is 0. The van der Waals surface area contributed by atoms with Gasteiger partial charge in [-0.15, -0.1) is 0 Å².